The highest BCUT2D eigenvalue weighted by Crippen LogP contribution is 2.04. The molecule has 0 saturated carbocycles. The molecule has 7 heteroatoms. The lowest BCUT2D eigenvalue weighted by Crippen LogP contribution is -2.25. The molecule has 7 nitrogen and oxygen atoms in total. The van der Waals surface area contributed by atoms with Gasteiger partial charge in [0.25, 0.3) is 11.5 Å². The molecule has 22 heavy (non-hydrogen) atoms. The number of carbonyl (C=O) groups excluding carboxylic acids is 1. The molecule has 0 aliphatic heterocycles. The summed E-state index contributed by atoms with van der Waals surface area (Å²) in [5.41, 5.74) is 0.373. The summed E-state index contributed by atoms with van der Waals surface area (Å²) in [6, 6.07) is 11.5. The van der Waals surface area contributed by atoms with Crippen molar-refractivity contribution in [3.05, 3.63) is 77.1 Å². The first-order valence-electron chi connectivity index (χ1n) is 6.47. The number of hydrogen-bond acceptors (Lipinski definition) is 5. The first kappa shape index (κ1) is 13.6. The molecule has 2 heterocycles. The van der Waals surface area contributed by atoms with Gasteiger partial charge in [0.1, 0.15) is 5.69 Å². The Kier molecular flexibility index (Phi) is 3.69. The monoisotopic (exact) mass is 293 g/mol. The topological polar surface area (TPSA) is 89.8 Å². The van der Waals surface area contributed by atoms with Gasteiger partial charge < -0.3 is 5.32 Å². The van der Waals surface area contributed by atoms with Crippen LogP contribution in [0.3, 0.4) is 0 Å². The summed E-state index contributed by atoms with van der Waals surface area (Å²) in [4.78, 5) is 31.9. The fraction of sp³-hybridized carbons (Fsp3) is 0. The van der Waals surface area contributed by atoms with E-state index in [1.807, 2.05) is 6.07 Å². The Labute approximate surface area is 125 Å². The number of benzene rings is 1. The molecule has 3 rings (SSSR count). The van der Waals surface area contributed by atoms with Gasteiger partial charge >= 0.3 is 0 Å². The number of nitrogens with zero attached hydrogens (tertiary/aromatic N) is 4. The number of nitrogens with one attached hydrogen (secondary N) is 1. The molecule has 2 aromatic heterocycles. The van der Waals surface area contributed by atoms with Crippen LogP contribution in [0.2, 0.25) is 0 Å². The highest BCUT2D eigenvalue weighted by molar-refractivity contribution is 6.02. The van der Waals surface area contributed by atoms with Crippen molar-refractivity contribution in [3.63, 3.8) is 0 Å². The molecule has 108 valence electrons. The molecule has 0 fully saturated rings. The predicted octanol–water partition coefficient (Wildman–Crippen LogP) is 1.27. The molecule has 3 aromatic rings. The third-order valence-corrected chi connectivity index (χ3v) is 2.84. The van der Waals surface area contributed by atoms with E-state index in [4.69, 9.17) is 0 Å². The minimum Gasteiger partial charge on any atom is -0.304 e. The van der Waals surface area contributed by atoms with Gasteiger partial charge in [0.05, 0.1) is 11.9 Å². The van der Waals surface area contributed by atoms with Crippen molar-refractivity contribution in [2.45, 2.75) is 0 Å². The van der Waals surface area contributed by atoms with Crippen LogP contribution in [0.25, 0.3) is 5.69 Å². The average Bonchev–Trinajstić information content (AvgIpc) is 2.57. The molecule has 1 N–H and O–H groups in total. The Morgan fingerprint density at radius 2 is 1.86 bits per heavy atom. The standard InChI is InChI=1S/C15H11N5O2/c21-14-7-6-12(15(22)18-13-10-16-8-9-17-13)19-20(14)11-4-2-1-3-5-11/h1-10H,(H,17,18,22). The predicted molar refractivity (Wildman–Crippen MR) is 79.8 cm³/mol. The molecular weight excluding hydrogens is 282 g/mol. The first-order chi connectivity index (χ1) is 10.7. The number of anilines is 1. The van der Waals surface area contributed by atoms with E-state index in [9.17, 15) is 9.59 Å². The number of carbonyl (C=O) groups is 1. The van der Waals surface area contributed by atoms with Crippen LogP contribution in [0, 0.1) is 0 Å². The van der Waals surface area contributed by atoms with Gasteiger partial charge in [-0.1, -0.05) is 18.2 Å². The molecule has 0 radical (unpaired) electrons. The van der Waals surface area contributed by atoms with Crippen molar-refractivity contribution in [2.24, 2.45) is 0 Å². The van der Waals surface area contributed by atoms with Gasteiger partial charge in [-0.2, -0.15) is 9.78 Å². The second-order valence-corrected chi connectivity index (χ2v) is 4.35. The minimum atomic E-state index is -0.467. The quantitative estimate of drug-likeness (QED) is 0.785. The van der Waals surface area contributed by atoms with Crippen molar-refractivity contribution in [3.8, 4) is 5.69 Å². The third kappa shape index (κ3) is 2.88. The summed E-state index contributed by atoms with van der Waals surface area (Å²) in [5, 5.41) is 6.65. The van der Waals surface area contributed by atoms with Crippen LogP contribution >= 0.6 is 0 Å². The second-order valence-electron chi connectivity index (χ2n) is 4.35. The second kappa shape index (κ2) is 5.96. The first-order valence-corrected chi connectivity index (χ1v) is 6.47. The van der Waals surface area contributed by atoms with Crippen molar-refractivity contribution in [1.29, 1.82) is 0 Å². The molecular formula is C15H11N5O2. The molecule has 0 aliphatic carbocycles. The molecule has 0 aliphatic rings. The van der Waals surface area contributed by atoms with Crippen LogP contribution < -0.4 is 10.9 Å². The van der Waals surface area contributed by atoms with Crippen LogP contribution in [0.1, 0.15) is 10.5 Å². The SMILES string of the molecule is O=C(Nc1cnccn1)c1ccc(=O)n(-c2ccccc2)n1. The maximum atomic E-state index is 12.2. The molecule has 0 unspecified atom stereocenters. The number of rotatable bonds is 3. The Morgan fingerprint density at radius 1 is 1.05 bits per heavy atom. The summed E-state index contributed by atoms with van der Waals surface area (Å²) in [6.07, 6.45) is 4.39. The number of para-hydroxylation sites is 1. The third-order valence-electron chi connectivity index (χ3n) is 2.84. The summed E-state index contributed by atoms with van der Waals surface area (Å²) >= 11 is 0. The van der Waals surface area contributed by atoms with Gasteiger partial charge in [-0.3, -0.25) is 14.6 Å². The van der Waals surface area contributed by atoms with Gasteiger partial charge in [-0.25, -0.2) is 4.98 Å². The van der Waals surface area contributed by atoms with Crippen molar-refractivity contribution < 1.29 is 4.79 Å². The molecule has 0 spiro atoms. The number of hydrogen-bond donors (Lipinski definition) is 1. The van der Waals surface area contributed by atoms with Crippen LogP contribution in [0.15, 0.2) is 65.8 Å². The van der Waals surface area contributed by atoms with Gasteiger partial charge in [-0.05, 0) is 18.2 Å². The summed E-state index contributed by atoms with van der Waals surface area (Å²) in [6.45, 7) is 0. The number of amides is 1. The zero-order valence-corrected chi connectivity index (χ0v) is 11.4. The Morgan fingerprint density at radius 3 is 2.59 bits per heavy atom. The largest absolute Gasteiger partial charge is 0.304 e. The van der Waals surface area contributed by atoms with Gasteiger partial charge in [-0.15, -0.1) is 0 Å². The van der Waals surface area contributed by atoms with Crippen LogP contribution in [0.5, 0.6) is 0 Å². The van der Waals surface area contributed by atoms with E-state index in [1.54, 1.807) is 24.3 Å². The molecule has 0 bridgehead atoms. The summed E-state index contributed by atoms with van der Waals surface area (Å²) in [7, 11) is 0. The maximum absolute atomic E-state index is 12.2. The molecule has 0 saturated heterocycles. The zero-order chi connectivity index (χ0) is 15.4. The van der Waals surface area contributed by atoms with E-state index >= 15 is 0 Å². The lowest BCUT2D eigenvalue weighted by atomic mass is 10.3. The zero-order valence-electron chi connectivity index (χ0n) is 11.4. The fourth-order valence-electron chi connectivity index (χ4n) is 1.83. The van der Waals surface area contributed by atoms with Crippen molar-refractivity contribution >= 4 is 11.7 Å². The van der Waals surface area contributed by atoms with Crippen molar-refractivity contribution in [2.75, 3.05) is 5.32 Å². The van der Waals surface area contributed by atoms with E-state index in [-0.39, 0.29) is 11.3 Å². The summed E-state index contributed by atoms with van der Waals surface area (Å²) < 4.78 is 1.17. The normalized spacial score (nSPS) is 10.2. The Bertz CT molecular complexity index is 847. The van der Waals surface area contributed by atoms with E-state index in [2.05, 4.69) is 20.4 Å². The molecule has 1 amide bonds. The van der Waals surface area contributed by atoms with Crippen LogP contribution in [0.4, 0.5) is 5.82 Å². The summed E-state index contributed by atoms with van der Waals surface area (Å²) in [5.74, 6) is -0.156. The molecule has 0 atom stereocenters. The van der Waals surface area contributed by atoms with E-state index in [0.29, 0.717) is 11.5 Å². The van der Waals surface area contributed by atoms with Gasteiger partial charge in [0, 0.05) is 18.5 Å². The molecule has 1 aromatic carbocycles. The fourth-order valence-corrected chi connectivity index (χ4v) is 1.83. The minimum absolute atomic E-state index is 0.106. The van der Waals surface area contributed by atoms with Crippen LogP contribution in [-0.4, -0.2) is 25.7 Å². The van der Waals surface area contributed by atoms with Gasteiger partial charge in [0.2, 0.25) is 0 Å². The Hall–Kier alpha value is -3.35. The maximum Gasteiger partial charge on any atom is 0.277 e. The van der Waals surface area contributed by atoms with E-state index in [0.717, 1.165) is 0 Å². The average molecular weight is 293 g/mol. The lowest BCUT2D eigenvalue weighted by molar-refractivity contribution is 0.102. The highest BCUT2D eigenvalue weighted by atomic mass is 16.2. The highest BCUT2D eigenvalue weighted by Gasteiger charge is 2.11. The van der Waals surface area contributed by atoms with Gasteiger partial charge in [0.15, 0.2) is 5.82 Å². The van der Waals surface area contributed by atoms with Crippen LogP contribution in [-0.2, 0) is 0 Å². The van der Waals surface area contributed by atoms with Crippen molar-refractivity contribution in [1.82, 2.24) is 19.7 Å². The number of aromatic nitrogens is 4. The lowest BCUT2D eigenvalue weighted by Gasteiger charge is -2.07. The van der Waals surface area contributed by atoms with E-state index < -0.39 is 5.91 Å². The smallest absolute Gasteiger partial charge is 0.277 e. The Balaban J connectivity index is 1.92. The van der Waals surface area contributed by atoms with E-state index in [1.165, 1.54) is 35.4 Å².